The average molecular weight is 270 g/mol. The monoisotopic (exact) mass is 270 g/mol. The quantitative estimate of drug-likeness (QED) is 0.887. The average Bonchev–Trinajstić information content (AvgIpc) is 2.39. The predicted molar refractivity (Wildman–Crippen MR) is 78.4 cm³/mol. The van der Waals surface area contributed by atoms with Crippen LogP contribution in [0.5, 0.6) is 0 Å². The van der Waals surface area contributed by atoms with Crippen molar-refractivity contribution in [2.24, 2.45) is 5.73 Å². The summed E-state index contributed by atoms with van der Waals surface area (Å²) in [5.74, 6) is -0.272. The summed E-state index contributed by atoms with van der Waals surface area (Å²) in [5.41, 5.74) is 8.24. The molecule has 20 heavy (non-hydrogen) atoms. The van der Waals surface area contributed by atoms with Crippen molar-refractivity contribution in [1.29, 1.82) is 0 Å². The van der Waals surface area contributed by atoms with Crippen LogP contribution in [-0.2, 0) is 4.79 Å². The van der Waals surface area contributed by atoms with Crippen molar-refractivity contribution >= 4 is 11.9 Å². The van der Waals surface area contributed by atoms with E-state index in [4.69, 9.17) is 5.73 Å². The van der Waals surface area contributed by atoms with Crippen LogP contribution >= 0.6 is 0 Å². The third-order valence-corrected chi connectivity index (χ3v) is 2.97. The molecular weight excluding hydrogens is 252 g/mol. The summed E-state index contributed by atoms with van der Waals surface area (Å²) in [6.07, 6.45) is 0. The molecule has 1 amide bonds. The van der Waals surface area contributed by atoms with Gasteiger partial charge in [-0.05, 0) is 25.5 Å². The normalized spacial score (nSPS) is 11.9. The number of nitrogens with one attached hydrogen (secondary N) is 1. The summed E-state index contributed by atoms with van der Waals surface area (Å²) < 4.78 is 0. The van der Waals surface area contributed by atoms with Gasteiger partial charge in [-0.1, -0.05) is 30.3 Å². The van der Waals surface area contributed by atoms with Gasteiger partial charge in [0.25, 0.3) is 0 Å². The number of aryl methyl sites for hydroxylation is 2. The van der Waals surface area contributed by atoms with Crippen molar-refractivity contribution < 1.29 is 4.79 Å². The molecule has 104 valence electrons. The molecule has 1 aromatic carbocycles. The fraction of sp³-hybridized carbons (Fsp3) is 0.267. The van der Waals surface area contributed by atoms with Crippen LogP contribution in [-0.4, -0.2) is 22.4 Å². The minimum absolute atomic E-state index is 0.191. The van der Waals surface area contributed by atoms with E-state index < -0.39 is 5.92 Å². The number of hydrogen-bond donors (Lipinski definition) is 2. The van der Waals surface area contributed by atoms with Gasteiger partial charge in [0, 0.05) is 17.9 Å². The van der Waals surface area contributed by atoms with Gasteiger partial charge >= 0.3 is 0 Å². The topological polar surface area (TPSA) is 80.9 Å². The summed E-state index contributed by atoms with van der Waals surface area (Å²) in [4.78, 5) is 20.7. The van der Waals surface area contributed by atoms with E-state index >= 15 is 0 Å². The van der Waals surface area contributed by atoms with Crippen LogP contribution in [0.2, 0.25) is 0 Å². The third kappa shape index (κ3) is 3.39. The SMILES string of the molecule is Cc1cc(C)nc(NC(=O)C(CN)c2ccccc2)n1. The first kappa shape index (κ1) is 14.1. The summed E-state index contributed by atoms with van der Waals surface area (Å²) in [5, 5.41) is 2.73. The molecule has 5 heteroatoms. The number of hydrogen-bond acceptors (Lipinski definition) is 4. The van der Waals surface area contributed by atoms with Gasteiger partial charge in [-0.2, -0.15) is 0 Å². The van der Waals surface area contributed by atoms with Gasteiger partial charge in [0.05, 0.1) is 5.92 Å². The van der Waals surface area contributed by atoms with Crippen LogP contribution in [0.1, 0.15) is 22.9 Å². The van der Waals surface area contributed by atoms with E-state index in [0.717, 1.165) is 17.0 Å². The van der Waals surface area contributed by atoms with Crippen LogP contribution in [0.3, 0.4) is 0 Å². The molecule has 3 N–H and O–H groups in total. The third-order valence-electron chi connectivity index (χ3n) is 2.97. The number of benzene rings is 1. The highest BCUT2D eigenvalue weighted by Crippen LogP contribution is 2.16. The van der Waals surface area contributed by atoms with Crippen molar-refractivity contribution in [2.45, 2.75) is 19.8 Å². The second-order valence-electron chi connectivity index (χ2n) is 4.66. The van der Waals surface area contributed by atoms with Crippen molar-refractivity contribution in [3.63, 3.8) is 0 Å². The molecule has 0 aliphatic heterocycles. The molecule has 2 aromatic rings. The molecule has 0 spiro atoms. The van der Waals surface area contributed by atoms with Crippen molar-refractivity contribution in [1.82, 2.24) is 9.97 Å². The van der Waals surface area contributed by atoms with E-state index in [0.29, 0.717) is 5.95 Å². The Morgan fingerprint density at radius 2 is 1.80 bits per heavy atom. The van der Waals surface area contributed by atoms with Crippen LogP contribution in [0.25, 0.3) is 0 Å². The number of carbonyl (C=O) groups excluding carboxylic acids is 1. The molecule has 0 aliphatic rings. The number of rotatable bonds is 4. The molecule has 1 atom stereocenters. The van der Waals surface area contributed by atoms with Crippen molar-refractivity contribution in [3.05, 3.63) is 53.3 Å². The van der Waals surface area contributed by atoms with Gasteiger partial charge in [0.2, 0.25) is 11.9 Å². The first-order chi connectivity index (χ1) is 9.60. The fourth-order valence-electron chi connectivity index (χ4n) is 2.06. The van der Waals surface area contributed by atoms with E-state index in [-0.39, 0.29) is 12.5 Å². The number of nitrogens with two attached hydrogens (primary N) is 1. The Balaban J connectivity index is 2.18. The van der Waals surface area contributed by atoms with E-state index in [1.54, 1.807) is 0 Å². The van der Waals surface area contributed by atoms with Crippen LogP contribution in [0, 0.1) is 13.8 Å². The van der Waals surface area contributed by atoms with Crippen molar-refractivity contribution in [2.75, 3.05) is 11.9 Å². The van der Waals surface area contributed by atoms with Crippen molar-refractivity contribution in [3.8, 4) is 0 Å². The van der Waals surface area contributed by atoms with Crippen LogP contribution < -0.4 is 11.1 Å². The highest BCUT2D eigenvalue weighted by molar-refractivity contribution is 5.94. The number of anilines is 1. The Labute approximate surface area is 118 Å². The molecule has 0 radical (unpaired) electrons. The Morgan fingerprint density at radius 1 is 1.20 bits per heavy atom. The molecule has 1 aromatic heterocycles. The lowest BCUT2D eigenvalue weighted by Crippen LogP contribution is -2.28. The number of nitrogens with zero attached hydrogens (tertiary/aromatic N) is 2. The van der Waals surface area contributed by atoms with Gasteiger partial charge in [-0.3, -0.25) is 10.1 Å². The minimum Gasteiger partial charge on any atom is -0.329 e. The zero-order valence-electron chi connectivity index (χ0n) is 11.6. The molecule has 5 nitrogen and oxygen atoms in total. The predicted octanol–water partition coefficient (Wildman–Crippen LogP) is 1.77. The zero-order chi connectivity index (χ0) is 14.5. The molecule has 0 fully saturated rings. The first-order valence-electron chi connectivity index (χ1n) is 6.48. The Hall–Kier alpha value is -2.27. The van der Waals surface area contributed by atoms with E-state index in [2.05, 4.69) is 15.3 Å². The zero-order valence-corrected chi connectivity index (χ0v) is 11.6. The fourth-order valence-corrected chi connectivity index (χ4v) is 2.06. The number of carbonyl (C=O) groups is 1. The van der Waals surface area contributed by atoms with Gasteiger partial charge in [-0.25, -0.2) is 9.97 Å². The highest BCUT2D eigenvalue weighted by Gasteiger charge is 2.19. The van der Waals surface area contributed by atoms with E-state index in [1.165, 1.54) is 0 Å². The largest absolute Gasteiger partial charge is 0.329 e. The number of amides is 1. The van der Waals surface area contributed by atoms with Gasteiger partial charge in [-0.15, -0.1) is 0 Å². The Bertz CT molecular complexity index is 578. The molecule has 2 rings (SSSR count). The smallest absolute Gasteiger partial charge is 0.235 e. The Kier molecular flexibility index (Phi) is 4.42. The summed E-state index contributed by atoms with van der Waals surface area (Å²) in [6, 6.07) is 11.3. The summed E-state index contributed by atoms with van der Waals surface area (Å²) in [6.45, 7) is 3.96. The lowest BCUT2D eigenvalue weighted by Gasteiger charge is -2.14. The van der Waals surface area contributed by atoms with E-state index in [1.807, 2.05) is 50.2 Å². The number of aromatic nitrogens is 2. The lowest BCUT2D eigenvalue weighted by atomic mass is 9.98. The Morgan fingerprint density at radius 3 is 2.35 bits per heavy atom. The molecule has 0 saturated carbocycles. The maximum absolute atomic E-state index is 12.3. The molecule has 0 bridgehead atoms. The summed E-state index contributed by atoms with van der Waals surface area (Å²) >= 11 is 0. The minimum atomic E-state index is -0.402. The second-order valence-corrected chi connectivity index (χ2v) is 4.66. The van der Waals surface area contributed by atoms with Gasteiger partial charge in [0.15, 0.2) is 0 Å². The summed E-state index contributed by atoms with van der Waals surface area (Å²) in [7, 11) is 0. The highest BCUT2D eigenvalue weighted by atomic mass is 16.2. The van der Waals surface area contributed by atoms with E-state index in [9.17, 15) is 4.79 Å². The van der Waals surface area contributed by atoms with Gasteiger partial charge in [0.1, 0.15) is 0 Å². The molecule has 1 heterocycles. The molecule has 0 saturated heterocycles. The lowest BCUT2D eigenvalue weighted by molar-refractivity contribution is -0.117. The maximum Gasteiger partial charge on any atom is 0.235 e. The second kappa shape index (κ2) is 6.25. The van der Waals surface area contributed by atoms with Crippen LogP contribution in [0.15, 0.2) is 36.4 Å². The molecule has 0 aliphatic carbocycles. The first-order valence-corrected chi connectivity index (χ1v) is 6.48. The van der Waals surface area contributed by atoms with Gasteiger partial charge < -0.3 is 5.73 Å². The molecular formula is C15H18N4O. The molecule has 1 unspecified atom stereocenters. The standard InChI is InChI=1S/C15H18N4O/c1-10-8-11(2)18-15(17-10)19-14(20)13(9-16)12-6-4-3-5-7-12/h3-8,13H,9,16H2,1-2H3,(H,17,18,19,20). The maximum atomic E-state index is 12.3. The van der Waals surface area contributed by atoms with Crippen LogP contribution in [0.4, 0.5) is 5.95 Å².